The second kappa shape index (κ2) is 4.47. The highest BCUT2D eigenvalue weighted by atomic mass is 35.5. The first-order valence-corrected chi connectivity index (χ1v) is 5.34. The number of hydrogen-bond acceptors (Lipinski definition) is 2. The van der Waals surface area contributed by atoms with Gasteiger partial charge in [-0.1, -0.05) is 11.6 Å². The van der Waals surface area contributed by atoms with Crippen molar-refractivity contribution in [3.63, 3.8) is 0 Å². The summed E-state index contributed by atoms with van der Waals surface area (Å²) in [6, 6.07) is 3.26. The van der Waals surface area contributed by atoms with Gasteiger partial charge < -0.3 is 10.1 Å². The molecule has 1 aromatic carbocycles. The maximum atomic E-state index is 13.8. The standard InChI is InChI=1S/C11H13ClFNO/c1-7-4-8(12)5-9(11(7)13)10-6-14-2-3-15-10/h4-5,10,14H,2-3,6H2,1H3. The van der Waals surface area contributed by atoms with E-state index in [0.29, 0.717) is 29.3 Å². The molecule has 0 aliphatic carbocycles. The van der Waals surface area contributed by atoms with Gasteiger partial charge in [0.1, 0.15) is 5.82 Å². The van der Waals surface area contributed by atoms with Crippen molar-refractivity contribution in [2.45, 2.75) is 13.0 Å². The van der Waals surface area contributed by atoms with Gasteiger partial charge in [-0.3, -0.25) is 0 Å². The fourth-order valence-electron chi connectivity index (χ4n) is 1.75. The van der Waals surface area contributed by atoms with E-state index >= 15 is 0 Å². The van der Waals surface area contributed by atoms with Crippen molar-refractivity contribution in [3.8, 4) is 0 Å². The van der Waals surface area contributed by atoms with Crippen molar-refractivity contribution >= 4 is 11.6 Å². The van der Waals surface area contributed by atoms with Crippen LogP contribution >= 0.6 is 11.6 Å². The van der Waals surface area contributed by atoms with Crippen LogP contribution in [0.4, 0.5) is 4.39 Å². The molecule has 2 nitrogen and oxygen atoms in total. The van der Waals surface area contributed by atoms with E-state index in [1.807, 2.05) is 0 Å². The molecule has 0 saturated carbocycles. The number of halogens is 2. The minimum absolute atomic E-state index is 0.215. The van der Waals surface area contributed by atoms with Gasteiger partial charge in [0.15, 0.2) is 0 Å². The third kappa shape index (κ3) is 2.30. The molecule has 1 heterocycles. The van der Waals surface area contributed by atoms with Crippen molar-refractivity contribution in [1.29, 1.82) is 0 Å². The number of benzene rings is 1. The van der Waals surface area contributed by atoms with Crippen LogP contribution < -0.4 is 5.32 Å². The van der Waals surface area contributed by atoms with E-state index in [0.717, 1.165) is 6.54 Å². The first-order valence-electron chi connectivity index (χ1n) is 4.96. The van der Waals surface area contributed by atoms with Crippen LogP contribution in [0.1, 0.15) is 17.2 Å². The minimum Gasteiger partial charge on any atom is -0.371 e. The number of ether oxygens (including phenoxy) is 1. The van der Waals surface area contributed by atoms with E-state index in [9.17, 15) is 4.39 Å². The molecule has 0 radical (unpaired) electrons. The van der Waals surface area contributed by atoms with Crippen molar-refractivity contribution < 1.29 is 9.13 Å². The average molecular weight is 230 g/mol. The Morgan fingerprint density at radius 3 is 3.00 bits per heavy atom. The molecule has 0 aromatic heterocycles. The summed E-state index contributed by atoms with van der Waals surface area (Å²) < 4.78 is 19.3. The molecule has 15 heavy (non-hydrogen) atoms. The Morgan fingerprint density at radius 1 is 1.53 bits per heavy atom. The molecule has 1 aliphatic rings. The third-order valence-electron chi connectivity index (χ3n) is 2.52. The molecule has 1 fully saturated rings. The maximum absolute atomic E-state index is 13.8. The smallest absolute Gasteiger partial charge is 0.132 e. The van der Waals surface area contributed by atoms with Gasteiger partial charge in [0.25, 0.3) is 0 Å². The summed E-state index contributed by atoms with van der Waals surface area (Å²) >= 11 is 5.90. The monoisotopic (exact) mass is 229 g/mol. The third-order valence-corrected chi connectivity index (χ3v) is 2.74. The maximum Gasteiger partial charge on any atom is 0.132 e. The molecular formula is C11H13ClFNO. The van der Waals surface area contributed by atoms with Crippen LogP contribution in [-0.4, -0.2) is 19.7 Å². The molecule has 2 rings (SSSR count). The molecule has 82 valence electrons. The fraction of sp³-hybridized carbons (Fsp3) is 0.455. The molecule has 1 aliphatic heterocycles. The Morgan fingerprint density at radius 2 is 2.33 bits per heavy atom. The lowest BCUT2D eigenvalue weighted by Crippen LogP contribution is -2.33. The normalized spacial score (nSPS) is 21.7. The molecule has 4 heteroatoms. The molecule has 1 saturated heterocycles. The van der Waals surface area contributed by atoms with Gasteiger partial charge >= 0.3 is 0 Å². The van der Waals surface area contributed by atoms with Gasteiger partial charge in [0, 0.05) is 23.7 Å². The Kier molecular flexibility index (Phi) is 3.24. The summed E-state index contributed by atoms with van der Waals surface area (Å²) in [5, 5.41) is 3.72. The number of hydrogen-bond donors (Lipinski definition) is 1. The number of rotatable bonds is 1. The van der Waals surface area contributed by atoms with Crippen LogP contribution in [0.3, 0.4) is 0 Å². The summed E-state index contributed by atoms with van der Waals surface area (Å²) in [4.78, 5) is 0. The van der Waals surface area contributed by atoms with Gasteiger partial charge in [0.2, 0.25) is 0 Å². The Labute approximate surface area is 93.4 Å². The summed E-state index contributed by atoms with van der Waals surface area (Å²) in [6.07, 6.45) is -0.226. The SMILES string of the molecule is Cc1cc(Cl)cc(C2CNCCO2)c1F. The largest absolute Gasteiger partial charge is 0.371 e. The highest BCUT2D eigenvalue weighted by Crippen LogP contribution is 2.27. The van der Waals surface area contributed by atoms with Gasteiger partial charge in [-0.2, -0.15) is 0 Å². The molecular weight excluding hydrogens is 217 g/mol. The van der Waals surface area contributed by atoms with Crippen LogP contribution in [0.15, 0.2) is 12.1 Å². The lowest BCUT2D eigenvalue weighted by molar-refractivity contribution is 0.0255. The molecule has 1 atom stereocenters. The van der Waals surface area contributed by atoms with Gasteiger partial charge in [-0.05, 0) is 24.6 Å². The van der Waals surface area contributed by atoms with E-state index in [-0.39, 0.29) is 11.9 Å². The number of aryl methyl sites for hydroxylation is 1. The van der Waals surface area contributed by atoms with E-state index in [1.165, 1.54) is 0 Å². The highest BCUT2D eigenvalue weighted by Gasteiger charge is 2.20. The second-order valence-electron chi connectivity index (χ2n) is 3.69. The van der Waals surface area contributed by atoms with Crippen LogP contribution in [0.25, 0.3) is 0 Å². The molecule has 1 N–H and O–H groups in total. The van der Waals surface area contributed by atoms with Crippen LogP contribution in [0.2, 0.25) is 5.02 Å². The predicted octanol–water partition coefficient (Wildman–Crippen LogP) is 2.45. The molecule has 0 spiro atoms. The fourth-order valence-corrected chi connectivity index (χ4v) is 2.03. The second-order valence-corrected chi connectivity index (χ2v) is 4.13. The summed E-state index contributed by atoms with van der Waals surface area (Å²) in [5.74, 6) is -0.215. The van der Waals surface area contributed by atoms with Crippen molar-refractivity contribution in [2.24, 2.45) is 0 Å². The zero-order valence-corrected chi connectivity index (χ0v) is 9.27. The van der Waals surface area contributed by atoms with E-state index in [2.05, 4.69) is 5.32 Å². The van der Waals surface area contributed by atoms with Crippen molar-refractivity contribution in [3.05, 3.63) is 34.1 Å². The lowest BCUT2D eigenvalue weighted by atomic mass is 10.0. The number of morpholine rings is 1. The molecule has 1 unspecified atom stereocenters. The summed E-state index contributed by atoms with van der Waals surface area (Å²) in [7, 11) is 0. The molecule has 1 aromatic rings. The Hall–Kier alpha value is -0.640. The van der Waals surface area contributed by atoms with Gasteiger partial charge in [-0.25, -0.2) is 4.39 Å². The average Bonchev–Trinajstić information content (AvgIpc) is 2.24. The zero-order chi connectivity index (χ0) is 10.8. The van der Waals surface area contributed by atoms with E-state index in [4.69, 9.17) is 16.3 Å². The lowest BCUT2D eigenvalue weighted by Gasteiger charge is -2.24. The predicted molar refractivity (Wildman–Crippen MR) is 57.7 cm³/mol. The Bertz CT molecular complexity index is 364. The highest BCUT2D eigenvalue weighted by molar-refractivity contribution is 6.30. The van der Waals surface area contributed by atoms with Crippen molar-refractivity contribution in [2.75, 3.05) is 19.7 Å². The minimum atomic E-state index is -0.226. The van der Waals surface area contributed by atoms with Crippen LogP contribution in [0, 0.1) is 12.7 Å². The van der Waals surface area contributed by atoms with Gasteiger partial charge in [0.05, 0.1) is 12.7 Å². The van der Waals surface area contributed by atoms with E-state index in [1.54, 1.807) is 19.1 Å². The molecule has 0 bridgehead atoms. The van der Waals surface area contributed by atoms with Crippen LogP contribution in [-0.2, 0) is 4.74 Å². The molecule has 0 amide bonds. The first kappa shape index (κ1) is 10.9. The van der Waals surface area contributed by atoms with Gasteiger partial charge in [-0.15, -0.1) is 0 Å². The van der Waals surface area contributed by atoms with E-state index < -0.39 is 0 Å². The van der Waals surface area contributed by atoms with Crippen LogP contribution in [0.5, 0.6) is 0 Å². The van der Waals surface area contributed by atoms with Crippen molar-refractivity contribution in [1.82, 2.24) is 5.32 Å². The zero-order valence-electron chi connectivity index (χ0n) is 8.52. The summed E-state index contributed by atoms with van der Waals surface area (Å²) in [5.41, 5.74) is 1.11. The topological polar surface area (TPSA) is 21.3 Å². The number of nitrogens with one attached hydrogen (secondary N) is 1. The quantitative estimate of drug-likeness (QED) is 0.799. The first-order chi connectivity index (χ1) is 7.18. The summed E-state index contributed by atoms with van der Waals surface area (Å²) in [6.45, 7) is 3.77. The Balaban J connectivity index is 2.33.